The number of rotatable bonds is 8. The molecule has 33 heavy (non-hydrogen) atoms. The number of carboxylic acids is 1. The fourth-order valence-corrected chi connectivity index (χ4v) is 2.86. The first kappa shape index (κ1) is 23.3. The third-order valence-electron chi connectivity index (χ3n) is 4.59. The number of carbonyl (C=O) groups excluding carboxylic acids is 2. The summed E-state index contributed by atoms with van der Waals surface area (Å²) in [5, 5.41) is 8.63. The van der Waals surface area contributed by atoms with E-state index in [4.69, 9.17) is 21.3 Å². The average molecular weight is 455 g/mol. The third-order valence-corrected chi connectivity index (χ3v) is 4.59. The zero-order valence-electron chi connectivity index (χ0n) is 17.5. The van der Waals surface area contributed by atoms with Gasteiger partial charge in [0.25, 0.3) is 5.56 Å². The number of anilines is 2. The number of esters is 2. The Balaban J connectivity index is 1.64. The number of nitrogens with zero attached hydrogens (tertiary/aromatic N) is 4. The number of hydrogen-bond acceptors (Lipinski definition) is 11. The Morgan fingerprint density at radius 1 is 1.21 bits per heavy atom. The van der Waals surface area contributed by atoms with Crippen molar-refractivity contribution >= 4 is 40.7 Å². The lowest BCUT2D eigenvalue weighted by Crippen LogP contribution is -2.34. The molecule has 3 rings (SSSR count). The van der Waals surface area contributed by atoms with Crippen LogP contribution >= 0.6 is 0 Å². The van der Waals surface area contributed by atoms with Gasteiger partial charge in [0, 0.05) is 19.2 Å². The summed E-state index contributed by atoms with van der Waals surface area (Å²) in [4.78, 5) is 63.0. The van der Waals surface area contributed by atoms with Gasteiger partial charge >= 0.3 is 17.9 Å². The Bertz CT molecular complexity index is 1260. The van der Waals surface area contributed by atoms with Crippen LogP contribution in [0, 0.1) is 0 Å². The number of hydrogen-bond donors (Lipinski definition) is 4. The molecule has 0 radical (unpaired) electrons. The topological polar surface area (TPSA) is 207 Å². The molecule has 0 aliphatic heterocycles. The minimum atomic E-state index is -1.21. The summed E-state index contributed by atoms with van der Waals surface area (Å²) >= 11 is 0. The summed E-state index contributed by atoms with van der Waals surface area (Å²) in [6, 6.07) is 4.99. The van der Waals surface area contributed by atoms with Gasteiger partial charge in [0.2, 0.25) is 5.95 Å². The molecule has 13 heteroatoms. The summed E-state index contributed by atoms with van der Waals surface area (Å²) in [6.45, 7) is 0.299. The molecule has 0 saturated heterocycles. The molecule has 0 fully saturated rings. The van der Waals surface area contributed by atoms with Crippen LogP contribution in [0.25, 0.3) is 11.2 Å². The SMILES string of the molecule is CN(Cc1cnc2nc(N)[nH]c(=O)c2n1)c1ccc(C(=O)OC(=O)[C@@H](N)CCC(=O)O)cc1. The Morgan fingerprint density at radius 2 is 1.91 bits per heavy atom. The maximum atomic E-state index is 12.2. The number of fused-ring (bicyclic) bond motifs is 1. The van der Waals surface area contributed by atoms with Crippen molar-refractivity contribution in [2.75, 3.05) is 17.7 Å². The Kier molecular flexibility index (Phi) is 6.93. The van der Waals surface area contributed by atoms with Crippen molar-refractivity contribution in [2.45, 2.75) is 25.4 Å². The molecule has 0 aliphatic carbocycles. The average Bonchev–Trinajstić information content (AvgIpc) is 2.77. The number of H-pyrrole nitrogens is 1. The van der Waals surface area contributed by atoms with Gasteiger partial charge in [-0.25, -0.2) is 19.6 Å². The second kappa shape index (κ2) is 9.82. The van der Waals surface area contributed by atoms with Crippen LogP contribution in [0.2, 0.25) is 0 Å². The molecular formula is C20H21N7O6. The third kappa shape index (κ3) is 5.86. The second-order valence-corrected chi connectivity index (χ2v) is 7.14. The van der Waals surface area contributed by atoms with Gasteiger partial charge in [0.15, 0.2) is 11.2 Å². The number of ether oxygens (including phenoxy) is 1. The van der Waals surface area contributed by atoms with Crippen molar-refractivity contribution < 1.29 is 24.2 Å². The van der Waals surface area contributed by atoms with E-state index in [0.717, 1.165) is 0 Å². The van der Waals surface area contributed by atoms with Crippen molar-refractivity contribution in [3.8, 4) is 0 Å². The highest BCUT2D eigenvalue weighted by atomic mass is 16.6. The van der Waals surface area contributed by atoms with Crippen molar-refractivity contribution in [2.24, 2.45) is 5.73 Å². The maximum absolute atomic E-state index is 12.2. The molecular weight excluding hydrogens is 434 g/mol. The molecule has 1 atom stereocenters. The van der Waals surface area contributed by atoms with Crippen molar-refractivity contribution in [1.29, 1.82) is 0 Å². The van der Waals surface area contributed by atoms with Gasteiger partial charge in [0.1, 0.15) is 6.04 Å². The van der Waals surface area contributed by atoms with E-state index in [-0.39, 0.29) is 35.5 Å². The largest absolute Gasteiger partial charge is 0.481 e. The summed E-state index contributed by atoms with van der Waals surface area (Å²) < 4.78 is 4.71. The normalized spacial score (nSPS) is 11.7. The predicted octanol–water partition coefficient (Wildman–Crippen LogP) is -0.193. The van der Waals surface area contributed by atoms with E-state index >= 15 is 0 Å². The zero-order valence-corrected chi connectivity index (χ0v) is 17.5. The molecule has 3 aromatic rings. The number of aliphatic carboxylic acids is 1. The minimum Gasteiger partial charge on any atom is -0.481 e. The molecule has 0 aliphatic rings. The lowest BCUT2D eigenvalue weighted by molar-refractivity contribution is -0.140. The van der Waals surface area contributed by atoms with Crippen LogP contribution in [0.4, 0.5) is 11.6 Å². The predicted molar refractivity (Wildman–Crippen MR) is 116 cm³/mol. The van der Waals surface area contributed by atoms with E-state index in [0.29, 0.717) is 17.9 Å². The summed E-state index contributed by atoms with van der Waals surface area (Å²) in [6.07, 6.45) is 1.03. The van der Waals surface area contributed by atoms with E-state index in [9.17, 15) is 19.2 Å². The Hall–Kier alpha value is -4.39. The van der Waals surface area contributed by atoms with Crippen LogP contribution in [0.15, 0.2) is 35.3 Å². The number of aromatic nitrogens is 4. The summed E-state index contributed by atoms with van der Waals surface area (Å²) in [5.74, 6) is -3.05. The number of nitrogens with one attached hydrogen (secondary N) is 1. The van der Waals surface area contributed by atoms with Crippen LogP contribution in [0.1, 0.15) is 28.9 Å². The van der Waals surface area contributed by atoms with E-state index < -0.39 is 29.5 Å². The number of benzene rings is 1. The first-order chi connectivity index (χ1) is 15.6. The fourth-order valence-electron chi connectivity index (χ4n) is 2.86. The van der Waals surface area contributed by atoms with Crippen molar-refractivity contribution in [3.05, 3.63) is 52.1 Å². The molecule has 0 bridgehead atoms. The lowest BCUT2D eigenvalue weighted by Gasteiger charge is -2.19. The number of carboxylic acid groups (broad SMARTS) is 1. The first-order valence-electron chi connectivity index (χ1n) is 9.70. The van der Waals surface area contributed by atoms with Gasteiger partial charge < -0.3 is 26.2 Å². The van der Waals surface area contributed by atoms with E-state index in [1.165, 1.54) is 18.3 Å². The van der Waals surface area contributed by atoms with Crippen LogP contribution in [0.5, 0.6) is 0 Å². The van der Waals surface area contributed by atoms with Gasteiger partial charge in [-0.3, -0.25) is 14.6 Å². The molecule has 6 N–H and O–H groups in total. The number of nitrogens with two attached hydrogens (primary N) is 2. The number of aromatic amines is 1. The number of nitrogen functional groups attached to an aromatic ring is 1. The van der Waals surface area contributed by atoms with Crippen LogP contribution in [-0.4, -0.2) is 56.0 Å². The van der Waals surface area contributed by atoms with Gasteiger partial charge in [0.05, 0.1) is 24.0 Å². The Labute approximate surface area is 186 Å². The number of carbonyl (C=O) groups is 3. The lowest BCUT2D eigenvalue weighted by atomic mass is 10.1. The highest BCUT2D eigenvalue weighted by molar-refractivity contribution is 5.98. The molecule has 0 amide bonds. The van der Waals surface area contributed by atoms with Gasteiger partial charge in [-0.2, -0.15) is 4.98 Å². The molecule has 13 nitrogen and oxygen atoms in total. The molecule has 0 spiro atoms. The van der Waals surface area contributed by atoms with Crippen molar-refractivity contribution in [3.63, 3.8) is 0 Å². The first-order valence-corrected chi connectivity index (χ1v) is 9.70. The molecule has 2 heterocycles. The minimum absolute atomic E-state index is 0.0470. The zero-order chi connectivity index (χ0) is 24.1. The Morgan fingerprint density at radius 3 is 2.58 bits per heavy atom. The maximum Gasteiger partial charge on any atom is 0.345 e. The van der Waals surface area contributed by atoms with E-state index in [1.54, 1.807) is 24.1 Å². The van der Waals surface area contributed by atoms with Crippen LogP contribution in [0.3, 0.4) is 0 Å². The fraction of sp³-hybridized carbons (Fsp3) is 0.250. The smallest absolute Gasteiger partial charge is 0.345 e. The summed E-state index contributed by atoms with van der Waals surface area (Å²) in [5.41, 5.74) is 12.1. The van der Waals surface area contributed by atoms with Gasteiger partial charge in [-0.05, 0) is 30.7 Å². The summed E-state index contributed by atoms with van der Waals surface area (Å²) in [7, 11) is 1.77. The van der Waals surface area contributed by atoms with E-state index in [1.807, 2.05) is 0 Å². The van der Waals surface area contributed by atoms with Gasteiger partial charge in [-0.1, -0.05) is 0 Å². The van der Waals surface area contributed by atoms with Crippen molar-refractivity contribution in [1.82, 2.24) is 19.9 Å². The van der Waals surface area contributed by atoms with Crippen LogP contribution < -0.4 is 21.9 Å². The van der Waals surface area contributed by atoms with Gasteiger partial charge in [-0.15, -0.1) is 0 Å². The van der Waals surface area contributed by atoms with E-state index in [2.05, 4.69) is 19.9 Å². The quantitative estimate of drug-likeness (QED) is 0.257. The molecule has 0 saturated carbocycles. The highest BCUT2D eigenvalue weighted by Gasteiger charge is 2.21. The monoisotopic (exact) mass is 455 g/mol. The molecule has 1 aromatic carbocycles. The second-order valence-electron chi connectivity index (χ2n) is 7.14. The molecule has 2 aromatic heterocycles. The highest BCUT2D eigenvalue weighted by Crippen LogP contribution is 2.17. The van der Waals surface area contributed by atoms with Crippen LogP contribution in [-0.2, 0) is 20.9 Å². The molecule has 0 unspecified atom stereocenters. The standard InChI is InChI=1S/C20H21N7O6/c1-27(9-11-8-23-16-15(24-11)17(30)26-20(22)25-16)12-4-2-10(3-5-12)18(31)33-19(32)13(21)6-7-14(28)29/h2-5,8,13H,6-7,9,21H2,1H3,(H,28,29)(H3,22,23,25,26,30)/t13-/m0/s1. The molecule has 172 valence electrons.